The molecule has 0 aliphatic heterocycles. The monoisotopic (exact) mass is 410 g/mol. The molecule has 1 heterocycles. The van der Waals surface area contributed by atoms with Crippen molar-refractivity contribution in [2.75, 3.05) is 0 Å². The van der Waals surface area contributed by atoms with Crippen molar-refractivity contribution in [3.8, 4) is 5.75 Å². The van der Waals surface area contributed by atoms with E-state index in [0.717, 1.165) is 26.8 Å². The van der Waals surface area contributed by atoms with Crippen LogP contribution in [0, 0.1) is 0 Å². The van der Waals surface area contributed by atoms with Gasteiger partial charge in [0.05, 0.1) is 8.95 Å². The molecule has 3 nitrogen and oxygen atoms in total. The van der Waals surface area contributed by atoms with Crippen LogP contribution in [0.5, 0.6) is 5.75 Å². The zero-order valence-electron chi connectivity index (χ0n) is 11.5. The Kier molecular flexibility index (Phi) is 4.93. The quantitative estimate of drug-likeness (QED) is 0.762. The third kappa shape index (κ3) is 4.28. The zero-order valence-corrected chi connectivity index (χ0v) is 14.7. The molecule has 21 heavy (non-hydrogen) atoms. The molecule has 1 fully saturated rings. The fourth-order valence-corrected chi connectivity index (χ4v) is 3.55. The van der Waals surface area contributed by atoms with Crippen LogP contribution >= 0.6 is 31.9 Å². The molecule has 1 aromatic heterocycles. The Morgan fingerprint density at radius 2 is 1.76 bits per heavy atom. The lowest BCUT2D eigenvalue weighted by Crippen LogP contribution is -2.15. The van der Waals surface area contributed by atoms with E-state index < -0.39 is 0 Å². The maximum atomic E-state index is 5.90. The van der Waals surface area contributed by atoms with Crippen LogP contribution in [0.3, 0.4) is 0 Å². The minimum absolute atomic E-state index is 0.527. The molecule has 0 amide bonds. The SMILES string of the molecule is Brc1cc(CNC2CC2)cc(Br)c1OCc1ccncc1. The molecule has 1 N–H and O–H groups in total. The molecule has 0 unspecified atom stereocenters. The number of benzene rings is 1. The van der Waals surface area contributed by atoms with Gasteiger partial charge in [0.2, 0.25) is 0 Å². The lowest BCUT2D eigenvalue weighted by atomic mass is 10.2. The van der Waals surface area contributed by atoms with Gasteiger partial charge in [0.1, 0.15) is 12.4 Å². The highest BCUT2D eigenvalue weighted by Gasteiger charge is 2.20. The fourth-order valence-electron chi connectivity index (χ4n) is 2.04. The highest BCUT2D eigenvalue weighted by molar-refractivity contribution is 9.11. The zero-order chi connectivity index (χ0) is 14.7. The van der Waals surface area contributed by atoms with Gasteiger partial charge in [0.15, 0.2) is 0 Å². The lowest BCUT2D eigenvalue weighted by molar-refractivity contribution is 0.302. The average Bonchev–Trinajstić information content (AvgIpc) is 3.29. The maximum Gasteiger partial charge on any atom is 0.148 e. The Balaban J connectivity index is 1.66. The number of ether oxygens (including phenoxy) is 1. The third-order valence-corrected chi connectivity index (χ3v) is 4.54. The summed E-state index contributed by atoms with van der Waals surface area (Å²) in [6.45, 7) is 1.42. The van der Waals surface area contributed by atoms with Crippen LogP contribution in [0.15, 0.2) is 45.6 Å². The number of aromatic nitrogens is 1. The summed E-state index contributed by atoms with van der Waals surface area (Å²) in [4.78, 5) is 4.01. The van der Waals surface area contributed by atoms with Crippen molar-refractivity contribution < 1.29 is 4.74 Å². The molecule has 2 aromatic rings. The van der Waals surface area contributed by atoms with Gasteiger partial charge in [-0.3, -0.25) is 4.98 Å². The molecular formula is C16H16Br2N2O. The first-order chi connectivity index (χ1) is 10.2. The highest BCUT2D eigenvalue weighted by atomic mass is 79.9. The second-order valence-electron chi connectivity index (χ2n) is 5.19. The van der Waals surface area contributed by atoms with Crippen molar-refractivity contribution in [1.29, 1.82) is 0 Å². The van der Waals surface area contributed by atoms with E-state index in [1.807, 2.05) is 12.1 Å². The normalized spacial score (nSPS) is 14.2. The molecule has 0 spiro atoms. The average molecular weight is 412 g/mol. The van der Waals surface area contributed by atoms with E-state index in [-0.39, 0.29) is 0 Å². The topological polar surface area (TPSA) is 34.1 Å². The minimum Gasteiger partial charge on any atom is -0.487 e. The maximum absolute atomic E-state index is 5.90. The van der Waals surface area contributed by atoms with Crippen molar-refractivity contribution in [1.82, 2.24) is 10.3 Å². The Morgan fingerprint density at radius 3 is 2.38 bits per heavy atom. The standard InChI is InChI=1S/C16H16Br2N2O/c17-14-7-12(9-20-13-1-2-13)8-15(18)16(14)21-10-11-3-5-19-6-4-11/h3-8,13,20H,1-2,9-10H2. The van der Waals surface area contributed by atoms with Gasteiger partial charge in [-0.2, -0.15) is 0 Å². The second kappa shape index (κ2) is 6.90. The molecule has 0 saturated heterocycles. The smallest absolute Gasteiger partial charge is 0.148 e. The van der Waals surface area contributed by atoms with Crippen molar-refractivity contribution in [2.24, 2.45) is 0 Å². The number of nitrogens with zero attached hydrogens (tertiary/aromatic N) is 1. The Labute approximate surface area is 141 Å². The first-order valence-electron chi connectivity index (χ1n) is 6.95. The summed E-state index contributed by atoms with van der Waals surface area (Å²) < 4.78 is 7.85. The van der Waals surface area contributed by atoms with Gasteiger partial charge >= 0.3 is 0 Å². The molecule has 1 saturated carbocycles. The predicted molar refractivity (Wildman–Crippen MR) is 90.3 cm³/mol. The van der Waals surface area contributed by atoms with Gasteiger partial charge in [0.25, 0.3) is 0 Å². The van der Waals surface area contributed by atoms with E-state index in [9.17, 15) is 0 Å². The lowest BCUT2D eigenvalue weighted by Gasteiger charge is -2.13. The summed E-state index contributed by atoms with van der Waals surface area (Å²) in [5.74, 6) is 0.835. The van der Waals surface area contributed by atoms with Crippen molar-refractivity contribution in [2.45, 2.75) is 32.0 Å². The number of hydrogen-bond acceptors (Lipinski definition) is 3. The summed E-state index contributed by atoms with van der Waals surface area (Å²) in [5.41, 5.74) is 2.35. The Morgan fingerprint density at radius 1 is 1.10 bits per heavy atom. The van der Waals surface area contributed by atoms with Crippen LogP contribution in [0.25, 0.3) is 0 Å². The largest absolute Gasteiger partial charge is 0.487 e. The van der Waals surface area contributed by atoms with E-state index in [1.54, 1.807) is 12.4 Å². The fraction of sp³-hybridized carbons (Fsp3) is 0.312. The van der Waals surface area contributed by atoms with Gasteiger partial charge in [-0.15, -0.1) is 0 Å². The summed E-state index contributed by atoms with van der Waals surface area (Å²) in [6.07, 6.45) is 6.15. The Hall–Kier alpha value is -0.910. The van der Waals surface area contributed by atoms with Gasteiger partial charge in [-0.1, -0.05) is 0 Å². The van der Waals surface area contributed by atoms with Gasteiger partial charge in [-0.25, -0.2) is 0 Å². The van der Waals surface area contributed by atoms with Crippen molar-refractivity contribution in [3.63, 3.8) is 0 Å². The first kappa shape index (κ1) is 15.0. The molecular weight excluding hydrogens is 396 g/mol. The van der Waals surface area contributed by atoms with Crippen LogP contribution in [0.1, 0.15) is 24.0 Å². The number of halogens is 2. The minimum atomic E-state index is 0.527. The van der Waals surface area contributed by atoms with Crippen molar-refractivity contribution in [3.05, 3.63) is 56.7 Å². The van der Waals surface area contributed by atoms with Crippen LogP contribution in [-0.4, -0.2) is 11.0 Å². The second-order valence-corrected chi connectivity index (χ2v) is 6.90. The highest BCUT2D eigenvalue weighted by Crippen LogP contribution is 2.35. The number of hydrogen-bond donors (Lipinski definition) is 1. The molecule has 0 atom stereocenters. The molecule has 3 rings (SSSR count). The van der Waals surface area contributed by atoms with Crippen molar-refractivity contribution >= 4 is 31.9 Å². The first-order valence-corrected chi connectivity index (χ1v) is 8.54. The van der Waals surface area contributed by atoms with E-state index in [4.69, 9.17) is 4.74 Å². The number of pyridine rings is 1. The molecule has 1 aromatic carbocycles. The van der Waals surface area contributed by atoms with Gasteiger partial charge in [-0.05, 0) is 80.1 Å². The molecule has 0 bridgehead atoms. The van der Waals surface area contributed by atoms with E-state index in [1.165, 1.54) is 18.4 Å². The predicted octanol–water partition coefficient (Wildman–Crippen LogP) is 4.44. The summed E-state index contributed by atoms with van der Waals surface area (Å²) >= 11 is 7.20. The van der Waals surface area contributed by atoms with E-state index >= 15 is 0 Å². The summed E-state index contributed by atoms with van der Waals surface area (Å²) in [5, 5.41) is 3.52. The number of rotatable bonds is 6. The molecule has 1 aliphatic carbocycles. The third-order valence-electron chi connectivity index (χ3n) is 3.36. The van der Waals surface area contributed by atoms with Crippen LogP contribution in [0.4, 0.5) is 0 Å². The van der Waals surface area contributed by atoms with Crippen LogP contribution in [0.2, 0.25) is 0 Å². The molecule has 1 aliphatic rings. The van der Waals surface area contributed by atoms with Gasteiger partial charge in [0, 0.05) is 25.0 Å². The van der Waals surface area contributed by atoms with E-state index in [0.29, 0.717) is 12.6 Å². The van der Waals surface area contributed by atoms with E-state index in [2.05, 4.69) is 54.3 Å². The summed E-state index contributed by atoms with van der Waals surface area (Å²) in [7, 11) is 0. The molecule has 5 heteroatoms. The van der Waals surface area contributed by atoms with Gasteiger partial charge < -0.3 is 10.1 Å². The van der Waals surface area contributed by atoms with Crippen LogP contribution < -0.4 is 10.1 Å². The Bertz CT molecular complexity index is 592. The molecule has 0 radical (unpaired) electrons. The number of nitrogens with one attached hydrogen (secondary N) is 1. The summed E-state index contributed by atoms with van der Waals surface area (Å²) in [6, 6.07) is 8.85. The van der Waals surface area contributed by atoms with Crippen LogP contribution in [-0.2, 0) is 13.2 Å². The molecule has 110 valence electrons.